The molecule has 0 amide bonds. The third-order valence-corrected chi connectivity index (χ3v) is 3.74. The van der Waals surface area contributed by atoms with Gasteiger partial charge in [-0.2, -0.15) is 0 Å². The SMILES string of the molecule is CCCCCCCCCc1nc(C)n(CCC)c1N. The van der Waals surface area contributed by atoms with Gasteiger partial charge in [-0.05, 0) is 26.2 Å². The summed E-state index contributed by atoms with van der Waals surface area (Å²) in [6.45, 7) is 7.48. The number of nitrogens with zero attached hydrogens (tertiary/aromatic N) is 2. The average molecular weight is 265 g/mol. The van der Waals surface area contributed by atoms with E-state index in [0.29, 0.717) is 0 Å². The van der Waals surface area contributed by atoms with Crippen LogP contribution in [-0.4, -0.2) is 9.55 Å². The molecule has 0 aromatic carbocycles. The highest BCUT2D eigenvalue weighted by molar-refractivity contribution is 5.38. The van der Waals surface area contributed by atoms with Gasteiger partial charge in [-0.15, -0.1) is 0 Å². The zero-order valence-corrected chi connectivity index (χ0v) is 13.0. The van der Waals surface area contributed by atoms with Crippen molar-refractivity contribution in [2.24, 2.45) is 0 Å². The van der Waals surface area contributed by atoms with E-state index in [1.54, 1.807) is 0 Å². The van der Waals surface area contributed by atoms with E-state index >= 15 is 0 Å². The summed E-state index contributed by atoms with van der Waals surface area (Å²) >= 11 is 0. The lowest BCUT2D eigenvalue weighted by atomic mass is 10.1. The van der Waals surface area contributed by atoms with Gasteiger partial charge in [0.25, 0.3) is 0 Å². The van der Waals surface area contributed by atoms with Crippen LogP contribution in [-0.2, 0) is 13.0 Å². The van der Waals surface area contributed by atoms with Crippen LogP contribution >= 0.6 is 0 Å². The van der Waals surface area contributed by atoms with Crippen LogP contribution < -0.4 is 5.73 Å². The van der Waals surface area contributed by atoms with Crippen LogP contribution in [0.2, 0.25) is 0 Å². The maximum atomic E-state index is 6.17. The molecule has 1 aromatic rings. The van der Waals surface area contributed by atoms with Gasteiger partial charge in [0.05, 0.1) is 5.69 Å². The van der Waals surface area contributed by atoms with Crippen LogP contribution in [0.1, 0.15) is 76.7 Å². The number of aromatic nitrogens is 2. The largest absolute Gasteiger partial charge is 0.384 e. The van der Waals surface area contributed by atoms with Gasteiger partial charge in [0.1, 0.15) is 11.6 Å². The molecule has 110 valence electrons. The predicted molar refractivity (Wildman–Crippen MR) is 83.4 cm³/mol. The molecule has 0 aliphatic heterocycles. The number of anilines is 1. The Balaban J connectivity index is 2.28. The minimum Gasteiger partial charge on any atom is -0.384 e. The number of imidazole rings is 1. The number of hydrogen-bond acceptors (Lipinski definition) is 2. The molecule has 3 nitrogen and oxygen atoms in total. The summed E-state index contributed by atoms with van der Waals surface area (Å²) < 4.78 is 2.15. The Morgan fingerprint density at radius 2 is 1.58 bits per heavy atom. The topological polar surface area (TPSA) is 43.8 Å². The average Bonchev–Trinajstić information content (AvgIpc) is 2.66. The van der Waals surface area contributed by atoms with E-state index in [-0.39, 0.29) is 0 Å². The molecule has 3 heteroatoms. The Bertz CT molecular complexity index is 355. The van der Waals surface area contributed by atoms with Crippen molar-refractivity contribution in [2.75, 3.05) is 5.73 Å². The van der Waals surface area contributed by atoms with E-state index in [9.17, 15) is 0 Å². The first-order chi connectivity index (χ1) is 9.20. The molecule has 0 saturated carbocycles. The smallest absolute Gasteiger partial charge is 0.126 e. The van der Waals surface area contributed by atoms with Crippen molar-refractivity contribution in [1.82, 2.24) is 9.55 Å². The molecule has 0 aliphatic rings. The summed E-state index contributed by atoms with van der Waals surface area (Å²) in [5.74, 6) is 1.96. The maximum absolute atomic E-state index is 6.17. The van der Waals surface area contributed by atoms with Crippen molar-refractivity contribution < 1.29 is 0 Å². The zero-order valence-electron chi connectivity index (χ0n) is 13.0. The lowest BCUT2D eigenvalue weighted by Gasteiger charge is -2.05. The summed E-state index contributed by atoms with van der Waals surface area (Å²) in [4.78, 5) is 4.61. The molecular formula is C16H31N3. The normalized spacial score (nSPS) is 11.1. The van der Waals surface area contributed by atoms with Gasteiger partial charge in [0, 0.05) is 6.54 Å². The van der Waals surface area contributed by atoms with E-state index in [1.807, 2.05) is 0 Å². The molecule has 1 rings (SSSR count). The van der Waals surface area contributed by atoms with Crippen LogP contribution in [0.15, 0.2) is 0 Å². The van der Waals surface area contributed by atoms with Crippen LogP contribution in [0.3, 0.4) is 0 Å². The van der Waals surface area contributed by atoms with Crippen molar-refractivity contribution >= 4 is 5.82 Å². The number of rotatable bonds is 10. The summed E-state index contributed by atoms with van der Waals surface area (Å²) in [6, 6.07) is 0. The lowest BCUT2D eigenvalue weighted by molar-refractivity contribution is 0.587. The molecule has 0 fully saturated rings. The van der Waals surface area contributed by atoms with E-state index in [0.717, 1.165) is 36.7 Å². The van der Waals surface area contributed by atoms with Gasteiger partial charge in [-0.25, -0.2) is 4.98 Å². The highest BCUT2D eigenvalue weighted by Gasteiger charge is 2.10. The minimum absolute atomic E-state index is 0.894. The second kappa shape index (κ2) is 9.00. The Kier molecular flexibility index (Phi) is 7.61. The second-order valence-corrected chi connectivity index (χ2v) is 5.51. The van der Waals surface area contributed by atoms with E-state index < -0.39 is 0 Å². The van der Waals surface area contributed by atoms with Crippen LogP contribution in [0.5, 0.6) is 0 Å². The van der Waals surface area contributed by atoms with Gasteiger partial charge in [0.2, 0.25) is 0 Å². The number of aryl methyl sites for hydroxylation is 2. The summed E-state index contributed by atoms with van der Waals surface area (Å²) in [7, 11) is 0. The van der Waals surface area contributed by atoms with Crippen molar-refractivity contribution in [3.8, 4) is 0 Å². The quantitative estimate of drug-likeness (QED) is 0.634. The van der Waals surface area contributed by atoms with Crippen molar-refractivity contribution in [2.45, 2.75) is 85.1 Å². The molecule has 0 atom stereocenters. The van der Waals surface area contributed by atoms with Crippen molar-refractivity contribution in [3.63, 3.8) is 0 Å². The monoisotopic (exact) mass is 265 g/mol. The molecule has 1 heterocycles. The number of nitrogen functional groups attached to an aromatic ring is 1. The molecule has 0 unspecified atom stereocenters. The summed E-state index contributed by atoms with van der Waals surface area (Å²) in [5, 5.41) is 0. The Morgan fingerprint density at radius 1 is 0.947 bits per heavy atom. The van der Waals surface area contributed by atoms with Crippen molar-refractivity contribution in [3.05, 3.63) is 11.5 Å². The van der Waals surface area contributed by atoms with Gasteiger partial charge < -0.3 is 10.3 Å². The number of hydrogen-bond donors (Lipinski definition) is 1. The van der Waals surface area contributed by atoms with Gasteiger partial charge in [0.15, 0.2) is 0 Å². The molecule has 19 heavy (non-hydrogen) atoms. The fourth-order valence-corrected chi connectivity index (χ4v) is 2.58. The van der Waals surface area contributed by atoms with Crippen LogP contribution in [0, 0.1) is 6.92 Å². The van der Waals surface area contributed by atoms with E-state index in [2.05, 4.69) is 30.3 Å². The lowest BCUT2D eigenvalue weighted by Crippen LogP contribution is -2.05. The second-order valence-electron chi connectivity index (χ2n) is 5.51. The highest BCUT2D eigenvalue weighted by atomic mass is 15.1. The fourth-order valence-electron chi connectivity index (χ4n) is 2.58. The molecule has 0 spiro atoms. The standard InChI is InChI=1S/C16H31N3/c1-4-6-7-8-9-10-11-12-15-16(17)19(13-5-2)14(3)18-15/h4-13,17H2,1-3H3. The third-order valence-electron chi connectivity index (χ3n) is 3.74. The summed E-state index contributed by atoms with van der Waals surface area (Å²) in [5.41, 5.74) is 7.28. The summed E-state index contributed by atoms with van der Waals surface area (Å²) in [6.07, 6.45) is 11.5. The molecule has 0 bridgehead atoms. The third kappa shape index (κ3) is 5.25. The first-order valence-electron chi connectivity index (χ1n) is 8.02. The number of unbranched alkanes of at least 4 members (excludes halogenated alkanes) is 6. The minimum atomic E-state index is 0.894. The Morgan fingerprint density at radius 3 is 2.21 bits per heavy atom. The Hall–Kier alpha value is -0.990. The fraction of sp³-hybridized carbons (Fsp3) is 0.812. The maximum Gasteiger partial charge on any atom is 0.126 e. The highest BCUT2D eigenvalue weighted by Crippen LogP contribution is 2.18. The molecule has 2 N–H and O–H groups in total. The molecule has 1 aromatic heterocycles. The van der Waals surface area contributed by atoms with Crippen LogP contribution in [0.4, 0.5) is 5.82 Å². The molecule has 0 aliphatic carbocycles. The Labute approximate surface area is 118 Å². The van der Waals surface area contributed by atoms with E-state index in [4.69, 9.17) is 5.73 Å². The first kappa shape index (κ1) is 16.1. The van der Waals surface area contributed by atoms with Gasteiger partial charge in [-0.1, -0.05) is 52.4 Å². The molecule has 0 radical (unpaired) electrons. The van der Waals surface area contributed by atoms with Gasteiger partial charge >= 0.3 is 0 Å². The molecule has 0 saturated heterocycles. The zero-order chi connectivity index (χ0) is 14.1. The number of nitrogens with two attached hydrogens (primary N) is 1. The van der Waals surface area contributed by atoms with Crippen LogP contribution in [0.25, 0.3) is 0 Å². The van der Waals surface area contributed by atoms with E-state index in [1.165, 1.54) is 44.9 Å². The predicted octanol–water partition coefficient (Wildman–Crippen LogP) is 4.48. The van der Waals surface area contributed by atoms with Gasteiger partial charge in [-0.3, -0.25) is 0 Å². The molecular weight excluding hydrogens is 234 g/mol. The van der Waals surface area contributed by atoms with Crippen molar-refractivity contribution in [1.29, 1.82) is 0 Å². The first-order valence-corrected chi connectivity index (χ1v) is 8.02.